The van der Waals surface area contributed by atoms with Crippen molar-refractivity contribution < 1.29 is 5.11 Å². The number of nitrogens with one attached hydrogen (secondary N) is 1. The molecule has 0 aromatic rings. The molecule has 0 amide bonds. The van der Waals surface area contributed by atoms with Crippen LogP contribution in [0.25, 0.3) is 0 Å². The molecule has 4 atom stereocenters. The third-order valence-electron chi connectivity index (χ3n) is 4.02. The van der Waals surface area contributed by atoms with Crippen LogP contribution >= 0.6 is 0 Å². The van der Waals surface area contributed by atoms with Gasteiger partial charge >= 0.3 is 0 Å². The van der Waals surface area contributed by atoms with Crippen molar-refractivity contribution in [3.8, 4) is 0 Å². The van der Waals surface area contributed by atoms with Gasteiger partial charge in [-0.25, -0.2) is 0 Å². The fourth-order valence-electron chi connectivity index (χ4n) is 3.27. The van der Waals surface area contributed by atoms with Gasteiger partial charge in [0.1, 0.15) is 0 Å². The summed E-state index contributed by atoms with van der Waals surface area (Å²) < 4.78 is 0. The van der Waals surface area contributed by atoms with Crippen molar-refractivity contribution in [3.05, 3.63) is 0 Å². The van der Waals surface area contributed by atoms with Crippen LogP contribution in [-0.2, 0) is 0 Å². The van der Waals surface area contributed by atoms with Gasteiger partial charge in [-0.2, -0.15) is 0 Å². The number of hydrogen-bond acceptors (Lipinski definition) is 2. The fourth-order valence-corrected chi connectivity index (χ4v) is 3.27. The molecule has 2 aliphatic rings. The molecule has 0 saturated heterocycles. The number of aliphatic hydroxyl groups is 1. The highest BCUT2D eigenvalue weighted by atomic mass is 16.3. The molecule has 2 nitrogen and oxygen atoms in total. The van der Waals surface area contributed by atoms with Gasteiger partial charge in [0.15, 0.2) is 0 Å². The summed E-state index contributed by atoms with van der Waals surface area (Å²) in [6.07, 6.45) is 5.36. The molecule has 2 aliphatic carbocycles. The second-order valence-electron chi connectivity index (χ2n) is 5.47. The first kappa shape index (κ1) is 10.4. The molecule has 14 heavy (non-hydrogen) atoms. The molecule has 0 aliphatic heterocycles. The van der Waals surface area contributed by atoms with Gasteiger partial charge in [-0.05, 0) is 37.0 Å². The van der Waals surface area contributed by atoms with E-state index in [9.17, 15) is 5.11 Å². The van der Waals surface area contributed by atoms with Gasteiger partial charge in [-0.3, -0.25) is 0 Å². The summed E-state index contributed by atoms with van der Waals surface area (Å²) in [5.74, 6) is 2.38. The number of fused-ring (bicyclic) bond motifs is 2. The standard InChI is InChI=1S/C12H23NO/c1-8(2)13-7-12(14)11-6-9-3-4-10(11)5-9/h8-14H,3-7H2,1-2H3. The number of rotatable bonds is 4. The van der Waals surface area contributed by atoms with Gasteiger partial charge in [0.05, 0.1) is 6.10 Å². The molecule has 0 aromatic carbocycles. The summed E-state index contributed by atoms with van der Waals surface area (Å²) in [5, 5.41) is 13.4. The Morgan fingerprint density at radius 3 is 2.57 bits per heavy atom. The van der Waals surface area contributed by atoms with Crippen LogP contribution in [-0.4, -0.2) is 23.8 Å². The van der Waals surface area contributed by atoms with Crippen LogP contribution in [0.3, 0.4) is 0 Å². The molecule has 2 N–H and O–H groups in total. The summed E-state index contributed by atoms with van der Waals surface area (Å²) in [7, 11) is 0. The molecule has 4 unspecified atom stereocenters. The molecule has 2 fully saturated rings. The Morgan fingerprint density at radius 2 is 2.07 bits per heavy atom. The third kappa shape index (κ3) is 2.12. The molecular weight excluding hydrogens is 174 g/mol. The molecular formula is C12H23NO. The van der Waals surface area contributed by atoms with Crippen LogP contribution in [0.4, 0.5) is 0 Å². The Hall–Kier alpha value is -0.0800. The van der Waals surface area contributed by atoms with Crippen molar-refractivity contribution in [1.82, 2.24) is 5.32 Å². The first-order valence-electron chi connectivity index (χ1n) is 6.08. The van der Waals surface area contributed by atoms with E-state index in [2.05, 4.69) is 19.2 Å². The normalized spacial score (nSPS) is 38.1. The molecule has 2 bridgehead atoms. The second-order valence-corrected chi connectivity index (χ2v) is 5.47. The quantitative estimate of drug-likeness (QED) is 0.720. The predicted octanol–water partition coefficient (Wildman–Crippen LogP) is 1.78. The maximum absolute atomic E-state index is 10.1. The largest absolute Gasteiger partial charge is 0.392 e. The summed E-state index contributed by atoms with van der Waals surface area (Å²) in [4.78, 5) is 0. The minimum absolute atomic E-state index is 0.104. The monoisotopic (exact) mass is 197 g/mol. The zero-order valence-electron chi connectivity index (χ0n) is 9.37. The van der Waals surface area contributed by atoms with Crippen LogP contribution in [0.1, 0.15) is 39.5 Å². The molecule has 2 saturated carbocycles. The zero-order valence-corrected chi connectivity index (χ0v) is 9.37. The van der Waals surface area contributed by atoms with Crippen molar-refractivity contribution in [2.45, 2.75) is 51.7 Å². The van der Waals surface area contributed by atoms with E-state index in [1.54, 1.807) is 0 Å². The molecule has 82 valence electrons. The molecule has 2 rings (SSSR count). The first-order chi connectivity index (χ1) is 6.66. The predicted molar refractivity (Wildman–Crippen MR) is 58.1 cm³/mol. The average Bonchev–Trinajstić information content (AvgIpc) is 2.74. The van der Waals surface area contributed by atoms with E-state index >= 15 is 0 Å². The maximum atomic E-state index is 10.1. The Kier molecular flexibility index (Phi) is 3.13. The van der Waals surface area contributed by atoms with Crippen LogP contribution in [0.15, 0.2) is 0 Å². The van der Waals surface area contributed by atoms with Gasteiger partial charge < -0.3 is 10.4 Å². The smallest absolute Gasteiger partial charge is 0.0695 e. The van der Waals surface area contributed by atoms with E-state index in [0.29, 0.717) is 12.0 Å². The van der Waals surface area contributed by atoms with E-state index in [4.69, 9.17) is 0 Å². The number of hydrogen-bond donors (Lipinski definition) is 2. The fraction of sp³-hybridized carbons (Fsp3) is 1.00. The first-order valence-corrected chi connectivity index (χ1v) is 6.08. The van der Waals surface area contributed by atoms with Crippen LogP contribution in [0.2, 0.25) is 0 Å². The van der Waals surface area contributed by atoms with Gasteiger partial charge in [-0.1, -0.05) is 20.3 Å². The van der Waals surface area contributed by atoms with Gasteiger partial charge in [0.2, 0.25) is 0 Å². The van der Waals surface area contributed by atoms with Crippen molar-refractivity contribution >= 4 is 0 Å². The molecule has 2 heteroatoms. The van der Waals surface area contributed by atoms with Crippen molar-refractivity contribution in [3.63, 3.8) is 0 Å². The summed E-state index contributed by atoms with van der Waals surface area (Å²) in [6, 6.07) is 0.489. The lowest BCUT2D eigenvalue weighted by Gasteiger charge is -2.27. The average molecular weight is 197 g/mol. The Labute approximate surface area is 87.1 Å². The maximum Gasteiger partial charge on any atom is 0.0695 e. The summed E-state index contributed by atoms with van der Waals surface area (Å²) in [5.41, 5.74) is 0. The van der Waals surface area contributed by atoms with Crippen molar-refractivity contribution in [2.24, 2.45) is 17.8 Å². The highest BCUT2D eigenvalue weighted by molar-refractivity contribution is 4.93. The SMILES string of the molecule is CC(C)NCC(O)C1CC2CCC1C2. The molecule has 0 radical (unpaired) electrons. The van der Waals surface area contributed by atoms with Gasteiger partial charge in [0.25, 0.3) is 0 Å². The zero-order chi connectivity index (χ0) is 10.1. The van der Waals surface area contributed by atoms with E-state index in [1.807, 2.05) is 0 Å². The third-order valence-corrected chi connectivity index (χ3v) is 4.02. The summed E-state index contributed by atoms with van der Waals surface area (Å²) >= 11 is 0. The lowest BCUT2D eigenvalue weighted by atomic mass is 9.84. The van der Waals surface area contributed by atoms with E-state index in [-0.39, 0.29) is 6.10 Å². The van der Waals surface area contributed by atoms with Gasteiger partial charge in [0, 0.05) is 12.6 Å². The molecule has 0 aromatic heterocycles. The lowest BCUT2D eigenvalue weighted by molar-refractivity contribution is 0.0727. The Bertz CT molecular complexity index is 193. The molecule has 0 spiro atoms. The topological polar surface area (TPSA) is 32.3 Å². The minimum atomic E-state index is -0.104. The van der Waals surface area contributed by atoms with Crippen LogP contribution in [0.5, 0.6) is 0 Å². The Morgan fingerprint density at radius 1 is 1.29 bits per heavy atom. The Balaban J connectivity index is 1.78. The van der Waals surface area contributed by atoms with E-state index in [1.165, 1.54) is 25.7 Å². The molecule has 0 heterocycles. The van der Waals surface area contributed by atoms with E-state index in [0.717, 1.165) is 18.4 Å². The highest BCUT2D eigenvalue weighted by Crippen LogP contribution is 2.49. The van der Waals surface area contributed by atoms with Gasteiger partial charge in [-0.15, -0.1) is 0 Å². The highest BCUT2D eigenvalue weighted by Gasteiger charge is 2.42. The summed E-state index contributed by atoms with van der Waals surface area (Å²) in [6.45, 7) is 5.05. The van der Waals surface area contributed by atoms with Crippen LogP contribution in [0, 0.1) is 17.8 Å². The second kappa shape index (κ2) is 4.19. The number of aliphatic hydroxyl groups excluding tert-OH is 1. The van der Waals surface area contributed by atoms with Crippen molar-refractivity contribution in [2.75, 3.05) is 6.54 Å². The van der Waals surface area contributed by atoms with E-state index < -0.39 is 0 Å². The lowest BCUT2D eigenvalue weighted by Crippen LogP contribution is -2.38. The van der Waals surface area contributed by atoms with Crippen LogP contribution < -0.4 is 5.32 Å². The van der Waals surface area contributed by atoms with Crippen molar-refractivity contribution in [1.29, 1.82) is 0 Å². The minimum Gasteiger partial charge on any atom is -0.392 e.